The summed E-state index contributed by atoms with van der Waals surface area (Å²) in [6.07, 6.45) is 3.00. The largest absolute Gasteiger partial charge is 0.464 e. The summed E-state index contributed by atoms with van der Waals surface area (Å²) in [6.45, 7) is 2.50. The summed E-state index contributed by atoms with van der Waals surface area (Å²) in [5, 5.41) is 10.8. The zero-order valence-corrected chi connectivity index (χ0v) is 6.47. The molecule has 5 nitrogen and oxygen atoms in total. The van der Waals surface area contributed by atoms with Crippen molar-refractivity contribution in [2.24, 2.45) is 5.84 Å². The molecule has 1 aliphatic heterocycles. The van der Waals surface area contributed by atoms with Gasteiger partial charge in [0.05, 0.1) is 0 Å². The van der Waals surface area contributed by atoms with E-state index in [-0.39, 0.29) is 0 Å². The Hall–Kier alpha value is -0.810. The number of nitrogens with one attached hydrogen (secondary N) is 2. The monoisotopic (exact) mass is 161 g/mol. The third-order valence-electron chi connectivity index (χ3n) is 1.33. The van der Waals surface area contributed by atoms with Crippen molar-refractivity contribution in [2.75, 3.05) is 13.1 Å². The number of carbonyl (C=O) groups is 1. The number of hydrogen-bond acceptors (Lipinski definition) is 3. The van der Waals surface area contributed by atoms with Crippen molar-refractivity contribution in [3.05, 3.63) is 0 Å². The Bertz CT molecular complexity index is 92.5. The lowest BCUT2D eigenvalue weighted by molar-refractivity contribution is 0.194. The molecule has 0 unspecified atom stereocenters. The number of rotatable bonds is 0. The quantitative estimate of drug-likeness (QED) is 0.227. The van der Waals surface area contributed by atoms with Crippen LogP contribution in [0.3, 0.4) is 0 Å². The summed E-state index contributed by atoms with van der Waals surface area (Å²) in [4.78, 5) is 9.13. The second kappa shape index (κ2) is 7.30. The van der Waals surface area contributed by atoms with Crippen LogP contribution < -0.4 is 16.6 Å². The fourth-order valence-electron chi connectivity index (χ4n) is 0.802. The second-order valence-electron chi connectivity index (χ2n) is 2.26. The highest BCUT2D eigenvalue weighted by atomic mass is 16.4. The molecule has 1 saturated heterocycles. The minimum Gasteiger partial charge on any atom is -0.464 e. The maximum Gasteiger partial charge on any atom is 0.418 e. The third kappa shape index (κ3) is 9.19. The second-order valence-corrected chi connectivity index (χ2v) is 2.26. The van der Waals surface area contributed by atoms with Gasteiger partial charge in [0.2, 0.25) is 0 Å². The molecule has 11 heavy (non-hydrogen) atoms. The number of hydrogen-bond donors (Lipinski definition) is 4. The van der Waals surface area contributed by atoms with Gasteiger partial charge in [0.15, 0.2) is 0 Å². The SMILES string of the molecule is C1CCNCC1.NNC(=O)O. The number of hydrazine groups is 1. The van der Waals surface area contributed by atoms with E-state index in [0.29, 0.717) is 0 Å². The van der Waals surface area contributed by atoms with Gasteiger partial charge >= 0.3 is 6.09 Å². The predicted molar refractivity (Wildman–Crippen MR) is 42.1 cm³/mol. The average molecular weight is 161 g/mol. The molecule has 1 fully saturated rings. The lowest BCUT2D eigenvalue weighted by atomic mass is 10.2. The number of amides is 1. The van der Waals surface area contributed by atoms with Crippen LogP contribution in [0.15, 0.2) is 0 Å². The Kier molecular flexibility index (Phi) is 6.76. The van der Waals surface area contributed by atoms with Crippen LogP contribution in [-0.2, 0) is 0 Å². The molecule has 1 amide bonds. The third-order valence-corrected chi connectivity index (χ3v) is 1.33. The van der Waals surface area contributed by atoms with Crippen LogP contribution in [0.25, 0.3) is 0 Å². The fraction of sp³-hybridized carbons (Fsp3) is 0.833. The van der Waals surface area contributed by atoms with Crippen molar-refractivity contribution >= 4 is 6.09 Å². The number of carboxylic acid groups (broad SMARTS) is 1. The van der Waals surface area contributed by atoms with Gasteiger partial charge in [0, 0.05) is 0 Å². The molecule has 0 aromatic rings. The van der Waals surface area contributed by atoms with Gasteiger partial charge in [0.1, 0.15) is 0 Å². The first-order valence-electron chi connectivity index (χ1n) is 3.67. The lowest BCUT2D eigenvalue weighted by Crippen LogP contribution is -2.27. The van der Waals surface area contributed by atoms with E-state index in [4.69, 9.17) is 9.90 Å². The first kappa shape index (κ1) is 10.2. The van der Waals surface area contributed by atoms with E-state index in [2.05, 4.69) is 11.2 Å². The van der Waals surface area contributed by atoms with E-state index in [1.54, 1.807) is 0 Å². The Morgan fingerprint density at radius 2 is 1.82 bits per heavy atom. The summed E-state index contributed by atoms with van der Waals surface area (Å²) in [5.74, 6) is 4.32. The zero-order chi connectivity index (χ0) is 8.53. The van der Waals surface area contributed by atoms with E-state index in [1.807, 2.05) is 0 Å². The smallest absolute Gasteiger partial charge is 0.418 e. The molecule has 5 N–H and O–H groups in total. The molecule has 0 radical (unpaired) electrons. The van der Waals surface area contributed by atoms with Gasteiger partial charge in [-0.1, -0.05) is 6.42 Å². The molecule has 66 valence electrons. The Morgan fingerprint density at radius 3 is 1.91 bits per heavy atom. The van der Waals surface area contributed by atoms with Gasteiger partial charge < -0.3 is 10.4 Å². The van der Waals surface area contributed by atoms with Crippen LogP contribution in [0.4, 0.5) is 4.79 Å². The Labute approximate surface area is 65.9 Å². The van der Waals surface area contributed by atoms with Crippen LogP contribution in [0, 0.1) is 0 Å². The van der Waals surface area contributed by atoms with Gasteiger partial charge in [0.25, 0.3) is 0 Å². The summed E-state index contributed by atoms with van der Waals surface area (Å²) in [6, 6.07) is 0. The molecule has 0 bridgehead atoms. The first-order chi connectivity index (χ1) is 5.27. The Morgan fingerprint density at radius 1 is 1.36 bits per heavy atom. The zero-order valence-electron chi connectivity index (χ0n) is 6.47. The molecule has 1 aliphatic rings. The van der Waals surface area contributed by atoms with Crippen LogP contribution in [-0.4, -0.2) is 24.3 Å². The van der Waals surface area contributed by atoms with E-state index in [0.717, 1.165) is 0 Å². The standard InChI is InChI=1S/C5H11N.CH4N2O2/c1-2-4-6-5-3-1;2-3-1(4)5/h6H,1-5H2;3H,2H2,(H,4,5). The van der Waals surface area contributed by atoms with Crippen LogP contribution in [0.5, 0.6) is 0 Å². The van der Waals surface area contributed by atoms with Crippen molar-refractivity contribution in [3.63, 3.8) is 0 Å². The highest BCUT2D eigenvalue weighted by Crippen LogP contribution is 1.96. The van der Waals surface area contributed by atoms with Crippen molar-refractivity contribution in [1.29, 1.82) is 0 Å². The molecule has 0 saturated carbocycles. The predicted octanol–water partition coefficient (Wildman–Crippen LogP) is -0.112. The summed E-state index contributed by atoms with van der Waals surface area (Å²) in [7, 11) is 0. The summed E-state index contributed by atoms with van der Waals surface area (Å²) < 4.78 is 0. The molecular formula is C6H15N3O2. The maximum absolute atomic E-state index is 9.13. The minimum atomic E-state index is -1.22. The van der Waals surface area contributed by atoms with Crippen molar-refractivity contribution in [3.8, 4) is 0 Å². The van der Waals surface area contributed by atoms with Crippen molar-refractivity contribution < 1.29 is 9.90 Å². The molecule has 0 spiro atoms. The molecule has 0 aromatic heterocycles. The van der Waals surface area contributed by atoms with E-state index in [9.17, 15) is 0 Å². The van der Waals surface area contributed by atoms with E-state index < -0.39 is 6.09 Å². The van der Waals surface area contributed by atoms with E-state index >= 15 is 0 Å². The van der Waals surface area contributed by atoms with Gasteiger partial charge in [-0.2, -0.15) is 0 Å². The highest BCUT2D eigenvalue weighted by Gasteiger charge is 1.93. The molecular weight excluding hydrogens is 146 g/mol. The molecule has 1 heterocycles. The number of nitrogens with two attached hydrogens (primary N) is 1. The minimum absolute atomic E-state index is 1.22. The number of piperidine rings is 1. The topological polar surface area (TPSA) is 87.4 Å². The van der Waals surface area contributed by atoms with Crippen LogP contribution >= 0.6 is 0 Å². The molecule has 0 aliphatic carbocycles. The maximum atomic E-state index is 9.13. The highest BCUT2D eigenvalue weighted by molar-refractivity contribution is 5.63. The molecule has 0 aromatic carbocycles. The van der Waals surface area contributed by atoms with Crippen LogP contribution in [0.2, 0.25) is 0 Å². The first-order valence-corrected chi connectivity index (χ1v) is 3.67. The van der Waals surface area contributed by atoms with Crippen molar-refractivity contribution in [1.82, 2.24) is 10.7 Å². The summed E-state index contributed by atoms with van der Waals surface area (Å²) in [5.41, 5.74) is 1.44. The van der Waals surface area contributed by atoms with Gasteiger partial charge in [-0.05, 0) is 25.9 Å². The summed E-state index contributed by atoms with van der Waals surface area (Å²) >= 11 is 0. The fourth-order valence-corrected chi connectivity index (χ4v) is 0.802. The molecule has 1 rings (SSSR count). The van der Waals surface area contributed by atoms with Crippen LogP contribution in [0.1, 0.15) is 19.3 Å². The lowest BCUT2D eigenvalue weighted by Gasteiger charge is -2.08. The van der Waals surface area contributed by atoms with Crippen molar-refractivity contribution in [2.45, 2.75) is 19.3 Å². The normalized spacial score (nSPS) is 16.1. The average Bonchev–Trinajstić information content (AvgIpc) is 2.09. The van der Waals surface area contributed by atoms with E-state index in [1.165, 1.54) is 37.8 Å². The molecule has 0 atom stereocenters. The van der Waals surface area contributed by atoms with Gasteiger partial charge in [-0.25, -0.2) is 10.6 Å². The van der Waals surface area contributed by atoms with Gasteiger partial charge in [-0.15, -0.1) is 0 Å². The van der Waals surface area contributed by atoms with Gasteiger partial charge in [-0.3, -0.25) is 5.43 Å². The Balaban J connectivity index is 0.000000187. The molecule has 5 heteroatoms.